The third-order valence-corrected chi connectivity index (χ3v) is 4.58. The Morgan fingerprint density at radius 3 is 2.39 bits per heavy atom. The Hall–Kier alpha value is -1.10. The molecule has 0 fully saturated rings. The minimum atomic E-state index is -0.592. The van der Waals surface area contributed by atoms with Gasteiger partial charge in [-0.05, 0) is 72.7 Å². The van der Waals surface area contributed by atoms with Crippen LogP contribution in [0.4, 0.5) is 14.9 Å². The highest BCUT2D eigenvalue weighted by atomic mass is 79.9. The fraction of sp³-hybridized carbons (Fsp3) is 0.611. The van der Waals surface area contributed by atoms with E-state index in [4.69, 9.17) is 4.74 Å². The van der Waals surface area contributed by atoms with Gasteiger partial charge in [0.25, 0.3) is 0 Å². The summed E-state index contributed by atoms with van der Waals surface area (Å²) in [4.78, 5) is 14.4. The third kappa shape index (κ3) is 4.06. The molecule has 1 aromatic carbocycles. The van der Waals surface area contributed by atoms with Crippen LogP contribution in [-0.2, 0) is 11.2 Å². The molecule has 1 amide bonds. The van der Waals surface area contributed by atoms with Crippen LogP contribution in [0, 0.1) is 11.2 Å². The smallest absolute Gasteiger partial charge is 0.415 e. The van der Waals surface area contributed by atoms with Gasteiger partial charge < -0.3 is 4.74 Å². The molecule has 0 aliphatic carbocycles. The van der Waals surface area contributed by atoms with E-state index in [1.807, 2.05) is 20.8 Å². The molecule has 0 spiro atoms. The molecule has 1 atom stereocenters. The average molecular weight is 386 g/mol. The Morgan fingerprint density at radius 2 is 1.87 bits per heavy atom. The number of hydrogen-bond donors (Lipinski definition) is 0. The monoisotopic (exact) mass is 385 g/mol. The minimum absolute atomic E-state index is 0.0366. The van der Waals surface area contributed by atoms with Crippen LogP contribution in [0.1, 0.15) is 53.5 Å². The lowest BCUT2D eigenvalue weighted by Gasteiger charge is -2.44. The van der Waals surface area contributed by atoms with E-state index in [1.165, 1.54) is 6.07 Å². The first-order valence-corrected chi connectivity index (χ1v) is 8.69. The van der Waals surface area contributed by atoms with E-state index in [-0.39, 0.29) is 17.3 Å². The summed E-state index contributed by atoms with van der Waals surface area (Å²) >= 11 is 3.23. The van der Waals surface area contributed by atoms with Gasteiger partial charge in [-0.3, -0.25) is 4.90 Å². The molecule has 1 aliphatic heterocycles. The molecule has 5 heteroatoms. The fourth-order valence-corrected chi connectivity index (χ4v) is 3.34. The van der Waals surface area contributed by atoms with Crippen molar-refractivity contribution in [2.75, 3.05) is 4.90 Å². The summed E-state index contributed by atoms with van der Waals surface area (Å²) < 4.78 is 20.1. The van der Waals surface area contributed by atoms with Gasteiger partial charge in [-0.25, -0.2) is 9.18 Å². The summed E-state index contributed by atoms with van der Waals surface area (Å²) in [5.41, 5.74) is 0.860. The quantitative estimate of drug-likeness (QED) is 0.573. The molecular weight excluding hydrogens is 361 g/mol. The zero-order valence-electron chi connectivity index (χ0n) is 14.7. The van der Waals surface area contributed by atoms with Crippen molar-refractivity contribution < 1.29 is 13.9 Å². The van der Waals surface area contributed by atoms with Crippen LogP contribution < -0.4 is 4.90 Å². The van der Waals surface area contributed by atoms with Crippen molar-refractivity contribution in [1.29, 1.82) is 0 Å². The topological polar surface area (TPSA) is 29.5 Å². The number of hydrogen-bond acceptors (Lipinski definition) is 2. The van der Waals surface area contributed by atoms with Crippen LogP contribution in [0.25, 0.3) is 0 Å². The molecule has 0 radical (unpaired) electrons. The lowest BCUT2D eigenvalue weighted by molar-refractivity contribution is 0.0531. The number of nitrogens with zero attached hydrogens (tertiary/aromatic N) is 1. The molecule has 1 aromatic rings. The number of benzene rings is 1. The molecule has 1 heterocycles. The summed E-state index contributed by atoms with van der Waals surface area (Å²) in [7, 11) is 0. The normalized spacial score (nSPS) is 18.6. The Balaban J connectivity index is 2.51. The Morgan fingerprint density at radius 1 is 1.26 bits per heavy atom. The van der Waals surface area contributed by atoms with E-state index in [9.17, 15) is 9.18 Å². The fourth-order valence-electron chi connectivity index (χ4n) is 2.95. The summed E-state index contributed by atoms with van der Waals surface area (Å²) in [6.45, 7) is 11.8. The predicted molar refractivity (Wildman–Crippen MR) is 94.4 cm³/mol. The van der Waals surface area contributed by atoms with Crippen molar-refractivity contribution in [3.05, 3.63) is 28.0 Å². The third-order valence-electron chi connectivity index (χ3n) is 3.97. The van der Waals surface area contributed by atoms with Crippen LogP contribution in [0.15, 0.2) is 16.6 Å². The molecule has 0 aromatic heterocycles. The number of rotatable bonds is 0. The second-order valence-corrected chi connectivity index (χ2v) is 9.02. The molecule has 0 saturated heterocycles. The molecule has 2 rings (SSSR count). The van der Waals surface area contributed by atoms with Gasteiger partial charge in [-0.2, -0.15) is 0 Å². The van der Waals surface area contributed by atoms with Gasteiger partial charge >= 0.3 is 6.09 Å². The van der Waals surface area contributed by atoms with Crippen molar-refractivity contribution in [1.82, 2.24) is 0 Å². The van der Waals surface area contributed by atoms with E-state index in [0.29, 0.717) is 10.2 Å². The van der Waals surface area contributed by atoms with Crippen molar-refractivity contribution in [3.63, 3.8) is 0 Å². The van der Waals surface area contributed by atoms with Gasteiger partial charge in [0, 0.05) is 6.04 Å². The van der Waals surface area contributed by atoms with Crippen LogP contribution in [0.3, 0.4) is 0 Å². The zero-order valence-corrected chi connectivity index (χ0v) is 16.3. The van der Waals surface area contributed by atoms with Gasteiger partial charge in [-0.1, -0.05) is 20.8 Å². The van der Waals surface area contributed by atoms with E-state index in [0.717, 1.165) is 18.4 Å². The van der Waals surface area contributed by atoms with E-state index >= 15 is 0 Å². The van der Waals surface area contributed by atoms with Crippen molar-refractivity contribution in [2.24, 2.45) is 5.41 Å². The molecule has 3 nitrogen and oxygen atoms in total. The number of anilines is 1. The molecule has 1 aliphatic rings. The molecule has 23 heavy (non-hydrogen) atoms. The van der Waals surface area contributed by atoms with Gasteiger partial charge in [-0.15, -0.1) is 0 Å². The maximum atomic E-state index is 14.1. The van der Waals surface area contributed by atoms with Gasteiger partial charge in [0.05, 0.1) is 10.2 Å². The summed E-state index contributed by atoms with van der Waals surface area (Å²) in [5.74, 6) is -0.369. The highest BCUT2D eigenvalue weighted by molar-refractivity contribution is 9.10. The first-order chi connectivity index (χ1) is 10.4. The van der Waals surface area contributed by atoms with Gasteiger partial charge in [0.1, 0.15) is 11.4 Å². The highest BCUT2D eigenvalue weighted by Gasteiger charge is 2.40. The SMILES string of the molecule is CC(C)(C)OC(=O)N1c2cc(F)c(Br)cc2CCC1C(C)(C)C. The second-order valence-electron chi connectivity index (χ2n) is 8.17. The molecule has 0 saturated carbocycles. The van der Waals surface area contributed by atoms with Gasteiger partial charge in [0.2, 0.25) is 0 Å². The minimum Gasteiger partial charge on any atom is -0.443 e. The van der Waals surface area contributed by atoms with E-state index < -0.39 is 11.7 Å². The standard InChI is InChI=1S/C18H25BrFNO2/c1-17(2,3)15-8-7-11-9-12(19)13(20)10-14(11)21(15)16(22)23-18(4,5)6/h9-10,15H,7-8H2,1-6H3. The average Bonchev–Trinajstić information content (AvgIpc) is 2.35. The van der Waals surface area contributed by atoms with Crippen LogP contribution in [0.5, 0.6) is 0 Å². The summed E-state index contributed by atoms with van der Waals surface area (Å²) in [5, 5.41) is 0. The number of aryl methyl sites for hydroxylation is 1. The van der Waals surface area contributed by atoms with E-state index in [1.54, 1.807) is 11.0 Å². The number of amides is 1. The van der Waals surface area contributed by atoms with Crippen LogP contribution in [-0.4, -0.2) is 17.7 Å². The first kappa shape index (κ1) is 18.2. The molecular formula is C18H25BrFNO2. The number of carbonyl (C=O) groups excluding carboxylic acids is 1. The van der Waals surface area contributed by atoms with E-state index in [2.05, 4.69) is 36.7 Å². The number of ether oxygens (including phenoxy) is 1. The lowest BCUT2D eigenvalue weighted by Crippen LogP contribution is -2.51. The first-order valence-electron chi connectivity index (χ1n) is 7.90. The zero-order chi connectivity index (χ0) is 17.6. The maximum absolute atomic E-state index is 14.1. The van der Waals surface area contributed by atoms with Crippen molar-refractivity contribution in [3.8, 4) is 0 Å². The van der Waals surface area contributed by atoms with Crippen LogP contribution >= 0.6 is 15.9 Å². The Bertz CT molecular complexity index is 617. The molecule has 0 N–H and O–H groups in total. The van der Waals surface area contributed by atoms with Crippen LogP contribution in [0.2, 0.25) is 0 Å². The summed E-state index contributed by atoms with van der Waals surface area (Å²) in [6.07, 6.45) is 1.23. The number of fused-ring (bicyclic) bond motifs is 1. The highest BCUT2D eigenvalue weighted by Crippen LogP contribution is 2.40. The number of halogens is 2. The Kier molecular flexibility index (Phi) is 4.82. The largest absolute Gasteiger partial charge is 0.443 e. The second kappa shape index (κ2) is 6.08. The predicted octanol–water partition coefficient (Wildman–Crippen LogP) is 5.69. The summed E-state index contributed by atoms with van der Waals surface area (Å²) in [6, 6.07) is 3.16. The molecule has 0 bridgehead atoms. The van der Waals surface area contributed by atoms with Crippen molar-refractivity contribution in [2.45, 2.75) is 66.0 Å². The maximum Gasteiger partial charge on any atom is 0.415 e. The van der Waals surface area contributed by atoms with Crippen molar-refractivity contribution >= 4 is 27.7 Å². The Labute approximate surface area is 146 Å². The molecule has 128 valence electrons. The lowest BCUT2D eigenvalue weighted by atomic mass is 9.79. The molecule has 1 unspecified atom stereocenters. The number of carbonyl (C=O) groups is 1. The van der Waals surface area contributed by atoms with Gasteiger partial charge in [0.15, 0.2) is 0 Å².